The van der Waals surface area contributed by atoms with Crippen LogP contribution in [-0.2, 0) is 16.6 Å². The third-order valence-electron chi connectivity index (χ3n) is 3.51. The van der Waals surface area contributed by atoms with Crippen molar-refractivity contribution in [1.82, 2.24) is 4.72 Å². The minimum absolute atomic E-state index is 0.265. The van der Waals surface area contributed by atoms with Crippen LogP contribution in [0.15, 0.2) is 39.8 Å². The molecule has 114 valence electrons. The quantitative estimate of drug-likeness (QED) is 0.888. The fraction of sp³-hybridized carbons (Fsp3) is 0.333. The first-order chi connectivity index (χ1) is 9.85. The Morgan fingerprint density at radius 1 is 1.33 bits per heavy atom. The van der Waals surface area contributed by atoms with Crippen molar-refractivity contribution in [2.75, 3.05) is 0 Å². The zero-order valence-electron chi connectivity index (χ0n) is 12.4. The maximum absolute atomic E-state index is 12.6. The zero-order valence-corrected chi connectivity index (χ0v) is 13.2. The zero-order chi connectivity index (χ0) is 15.6. The molecule has 0 bridgehead atoms. The molecular formula is C15H20N2O3S. The van der Waals surface area contributed by atoms with Crippen LogP contribution in [0.3, 0.4) is 0 Å². The van der Waals surface area contributed by atoms with Gasteiger partial charge in [0.15, 0.2) is 0 Å². The summed E-state index contributed by atoms with van der Waals surface area (Å²) < 4.78 is 33.0. The standard InChI is InChI=1S/C15H20N2O3S/c1-10-7-13(9-16)8-15(11(10)2)21(18,19)17-12(3)14-5-4-6-20-14/h4-8,12,17H,9,16H2,1-3H3. The highest BCUT2D eigenvalue weighted by atomic mass is 32.2. The molecule has 3 N–H and O–H groups in total. The summed E-state index contributed by atoms with van der Waals surface area (Å²) in [6.45, 7) is 5.72. The highest BCUT2D eigenvalue weighted by Crippen LogP contribution is 2.23. The van der Waals surface area contributed by atoms with Crippen molar-refractivity contribution in [3.8, 4) is 0 Å². The van der Waals surface area contributed by atoms with Crippen LogP contribution in [0.5, 0.6) is 0 Å². The van der Waals surface area contributed by atoms with Crippen LogP contribution in [0.25, 0.3) is 0 Å². The van der Waals surface area contributed by atoms with Gasteiger partial charge < -0.3 is 10.2 Å². The van der Waals surface area contributed by atoms with E-state index in [0.717, 1.165) is 16.7 Å². The van der Waals surface area contributed by atoms with Gasteiger partial charge in [-0.25, -0.2) is 13.1 Å². The Morgan fingerprint density at radius 3 is 2.62 bits per heavy atom. The molecule has 0 saturated heterocycles. The van der Waals surface area contributed by atoms with E-state index in [1.165, 1.54) is 6.26 Å². The number of hydrogen-bond donors (Lipinski definition) is 2. The van der Waals surface area contributed by atoms with Crippen LogP contribution >= 0.6 is 0 Å². The van der Waals surface area contributed by atoms with Gasteiger partial charge in [-0.3, -0.25) is 0 Å². The smallest absolute Gasteiger partial charge is 0.241 e. The molecule has 1 aromatic heterocycles. The van der Waals surface area contributed by atoms with E-state index >= 15 is 0 Å². The van der Waals surface area contributed by atoms with Gasteiger partial charge in [0.05, 0.1) is 17.2 Å². The topological polar surface area (TPSA) is 85.3 Å². The number of sulfonamides is 1. The lowest BCUT2D eigenvalue weighted by atomic mass is 10.1. The first-order valence-electron chi connectivity index (χ1n) is 6.71. The van der Waals surface area contributed by atoms with E-state index in [9.17, 15) is 8.42 Å². The van der Waals surface area contributed by atoms with E-state index in [2.05, 4.69) is 4.72 Å². The van der Waals surface area contributed by atoms with Crippen LogP contribution in [-0.4, -0.2) is 8.42 Å². The second-order valence-corrected chi connectivity index (χ2v) is 6.78. The molecule has 0 aliphatic rings. The van der Waals surface area contributed by atoms with Crippen molar-refractivity contribution in [2.24, 2.45) is 5.73 Å². The van der Waals surface area contributed by atoms with Gasteiger partial charge in [-0.05, 0) is 55.7 Å². The van der Waals surface area contributed by atoms with Gasteiger partial charge in [0.2, 0.25) is 10.0 Å². The van der Waals surface area contributed by atoms with E-state index < -0.39 is 16.1 Å². The Hall–Kier alpha value is -1.63. The minimum Gasteiger partial charge on any atom is -0.468 e. The number of nitrogens with two attached hydrogens (primary N) is 1. The van der Waals surface area contributed by atoms with Crippen molar-refractivity contribution in [2.45, 2.75) is 38.3 Å². The normalized spacial score (nSPS) is 13.3. The van der Waals surface area contributed by atoms with E-state index in [1.54, 1.807) is 32.0 Å². The van der Waals surface area contributed by atoms with Crippen LogP contribution < -0.4 is 10.5 Å². The molecular weight excluding hydrogens is 288 g/mol. The molecule has 0 saturated carbocycles. The highest BCUT2D eigenvalue weighted by Gasteiger charge is 2.22. The van der Waals surface area contributed by atoms with E-state index in [-0.39, 0.29) is 4.90 Å². The molecule has 1 atom stereocenters. The number of hydrogen-bond acceptors (Lipinski definition) is 4. The van der Waals surface area contributed by atoms with Crippen molar-refractivity contribution in [3.63, 3.8) is 0 Å². The maximum atomic E-state index is 12.6. The molecule has 1 aromatic carbocycles. The van der Waals surface area contributed by atoms with Crippen LogP contribution in [0.1, 0.15) is 35.4 Å². The van der Waals surface area contributed by atoms with Crippen LogP contribution in [0.2, 0.25) is 0 Å². The molecule has 2 rings (SSSR count). The molecule has 0 aliphatic carbocycles. The Labute approximate surface area is 125 Å². The van der Waals surface area contributed by atoms with Gasteiger partial charge >= 0.3 is 0 Å². The summed E-state index contributed by atoms with van der Waals surface area (Å²) >= 11 is 0. The summed E-state index contributed by atoms with van der Waals surface area (Å²) in [5, 5.41) is 0. The lowest BCUT2D eigenvalue weighted by Gasteiger charge is -2.16. The van der Waals surface area contributed by atoms with Crippen LogP contribution in [0.4, 0.5) is 0 Å². The average Bonchev–Trinajstić information content (AvgIpc) is 2.95. The molecule has 1 unspecified atom stereocenters. The molecule has 5 nitrogen and oxygen atoms in total. The SMILES string of the molecule is Cc1cc(CN)cc(S(=O)(=O)NC(C)c2ccco2)c1C. The monoisotopic (exact) mass is 308 g/mol. The summed E-state index contributed by atoms with van der Waals surface area (Å²) in [5.74, 6) is 0.572. The number of rotatable bonds is 5. The molecule has 0 fully saturated rings. The summed E-state index contributed by atoms with van der Waals surface area (Å²) in [7, 11) is -3.64. The summed E-state index contributed by atoms with van der Waals surface area (Å²) in [4.78, 5) is 0.265. The minimum atomic E-state index is -3.64. The fourth-order valence-electron chi connectivity index (χ4n) is 2.19. The molecule has 0 amide bonds. The molecule has 0 aliphatic heterocycles. The maximum Gasteiger partial charge on any atom is 0.241 e. The largest absolute Gasteiger partial charge is 0.468 e. The first kappa shape index (κ1) is 15.8. The van der Waals surface area contributed by atoms with E-state index in [4.69, 9.17) is 10.2 Å². The van der Waals surface area contributed by atoms with Gasteiger partial charge in [0.25, 0.3) is 0 Å². The van der Waals surface area contributed by atoms with Gasteiger partial charge in [0, 0.05) is 6.54 Å². The Balaban J connectivity index is 2.38. The number of nitrogens with one attached hydrogen (secondary N) is 1. The molecule has 2 aromatic rings. The molecule has 1 heterocycles. The van der Waals surface area contributed by atoms with Crippen molar-refractivity contribution >= 4 is 10.0 Å². The van der Waals surface area contributed by atoms with Gasteiger partial charge in [-0.15, -0.1) is 0 Å². The van der Waals surface area contributed by atoms with Gasteiger partial charge in [0.1, 0.15) is 5.76 Å². The lowest BCUT2D eigenvalue weighted by Crippen LogP contribution is -2.27. The molecule has 6 heteroatoms. The third-order valence-corrected chi connectivity index (χ3v) is 5.17. The summed E-state index contributed by atoms with van der Waals surface area (Å²) in [5.41, 5.74) is 8.06. The van der Waals surface area contributed by atoms with E-state index in [0.29, 0.717) is 12.3 Å². The van der Waals surface area contributed by atoms with E-state index in [1.807, 2.05) is 13.0 Å². The summed E-state index contributed by atoms with van der Waals surface area (Å²) in [6.07, 6.45) is 1.52. The Kier molecular flexibility index (Phi) is 4.51. The lowest BCUT2D eigenvalue weighted by molar-refractivity contribution is 0.459. The van der Waals surface area contributed by atoms with Crippen molar-refractivity contribution in [3.05, 3.63) is 53.0 Å². The van der Waals surface area contributed by atoms with Gasteiger partial charge in [-0.1, -0.05) is 6.07 Å². The second-order valence-electron chi connectivity index (χ2n) is 5.10. The average molecular weight is 308 g/mol. The van der Waals surface area contributed by atoms with Crippen molar-refractivity contribution < 1.29 is 12.8 Å². The second kappa shape index (κ2) is 6.01. The molecule has 21 heavy (non-hydrogen) atoms. The third kappa shape index (κ3) is 3.34. The Morgan fingerprint density at radius 2 is 2.05 bits per heavy atom. The highest BCUT2D eigenvalue weighted by molar-refractivity contribution is 7.89. The fourth-order valence-corrected chi connectivity index (χ4v) is 3.77. The number of benzene rings is 1. The van der Waals surface area contributed by atoms with Crippen LogP contribution in [0, 0.1) is 13.8 Å². The number of furan rings is 1. The van der Waals surface area contributed by atoms with Crippen molar-refractivity contribution in [1.29, 1.82) is 0 Å². The number of aryl methyl sites for hydroxylation is 1. The van der Waals surface area contributed by atoms with Gasteiger partial charge in [-0.2, -0.15) is 0 Å². The predicted octanol–water partition coefficient (Wildman–Crippen LogP) is 2.39. The summed E-state index contributed by atoms with van der Waals surface area (Å²) in [6, 6.07) is 6.56. The molecule has 0 spiro atoms. The first-order valence-corrected chi connectivity index (χ1v) is 8.19. The molecule has 0 radical (unpaired) electrons. The Bertz CT molecular complexity index is 722. The predicted molar refractivity (Wildman–Crippen MR) is 81.3 cm³/mol.